The van der Waals surface area contributed by atoms with E-state index in [9.17, 15) is 0 Å². The Morgan fingerprint density at radius 2 is 0.862 bits per heavy atom. The van der Waals surface area contributed by atoms with Crippen LogP contribution in [0.3, 0.4) is 0 Å². The number of ether oxygens (including phenoxy) is 2. The van der Waals surface area contributed by atoms with E-state index in [1.807, 2.05) is 48.5 Å². The van der Waals surface area contributed by atoms with Gasteiger partial charge in [-0.1, -0.05) is 98.8 Å². The van der Waals surface area contributed by atoms with Crippen molar-refractivity contribution < 1.29 is 13.9 Å². The van der Waals surface area contributed by atoms with Crippen LogP contribution in [0.4, 0.5) is 34.1 Å². The zero-order valence-corrected chi connectivity index (χ0v) is 31.8. The van der Waals surface area contributed by atoms with Gasteiger partial charge in [-0.05, 0) is 118 Å². The van der Waals surface area contributed by atoms with Crippen molar-refractivity contribution in [1.82, 2.24) is 0 Å². The van der Waals surface area contributed by atoms with E-state index in [1.165, 1.54) is 33.0 Å². The van der Waals surface area contributed by atoms with E-state index in [-0.39, 0.29) is 5.41 Å². The van der Waals surface area contributed by atoms with Gasteiger partial charge in [0.05, 0.1) is 22.7 Å². The summed E-state index contributed by atoms with van der Waals surface area (Å²) in [6.07, 6.45) is 0. The molecule has 2 aliphatic heterocycles. The summed E-state index contributed by atoms with van der Waals surface area (Å²) in [7, 11) is 0. The van der Waals surface area contributed by atoms with Crippen molar-refractivity contribution in [3.05, 3.63) is 181 Å². The Labute approximate surface area is 334 Å². The Hall–Kier alpha value is -7.50. The largest absolute Gasteiger partial charge is 0.455 e. The van der Waals surface area contributed by atoms with Gasteiger partial charge in [0.15, 0.2) is 23.0 Å². The quantitative estimate of drug-likeness (QED) is 0.176. The normalized spacial score (nSPS) is 14.4. The Balaban J connectivity index is 0.953. The minimum absolute atomic E-state index is 0.237. The van der Waals surface area contributed by atoms with Crippen LogP contribution in [0.2, 0.25) is 0 Å². The van der Waals surface area contributed by atoms with Gasteiger partial charge in [0.25, 0.3) is 0 Å². The second-order valence-corrected chi connectivity index (χ2v) is 16.1. The van der Waals surface area contributed by atoms with Gasteiger partial charge in [0.1, 0.15) is 11.2 Å². The lowest BCUT2D eigenvalue weighted by Gasteiger charge is -2.33. The standard InChI is InChI=1S/C53H34N2O3/c1-53(2)40-28-27-38-37-23-19-32-30-34(55-43-13-5-9-17-47(43)57-48-18-10-6-14-44(48)55)22-26-36(32)51(37)58-52(38)49(40)39-24-20-31-29-33(21-25-35(31)50(39)53)54-41-11-3-7-15-45(41)56-46-16-8-4-12-42(46)54/h3-30H,1-2H3. The number of para-hydroxylation sites is 8. The number of benzene rings is 9. The van der Waals surface area contributed by atoms with Gasteiger partial charge in [0, 0.05) is 38.5 Å². The minimum Gasteiger partial charge on any atom is -0.455 e. The summed E-state index contributed by atoms with van der Waals surface area (Å²) >= 11 is 0. The summed E-state index contributed by atoms with van der Waals surface area (Å²) in [5.41, 5.74) is 12.9. The highest BCUT2D eigenvalue weighted by atomic mass is 16.5. The maximum absolute atomic E-state index is 7.08. The van der Waals surface area contributed by atoms with Crippen molar-refractivity contribution in [2.24, 2.45) is 0 Å². The molecule has 0 bridgehead atoms. The first-order valence-corrected chi connectivity index (χ1v) is 19.8. The molecule has 10 aromatic rings. The van der Waals surface area contributed by atoms with Crippen molar-refractivity contribution in [2.75, 3.05) is 9.80 Å². The molecule has 3 aliphatic rings. The lowest BCUT2D eigenvalue weighted by molar-refractivity contribution is 0.477. The molecule has 1 aromatic heterocycles. The van der Waals surface area contributed by atoms with Crippen LogP contribution in [0.15, 0.2) is 174 Å². The van der Waals surface area contributed by atoms with Gasteiger partial charge in [-0.15, -0.1) is 0 Å². The Morgan fingerprint density at radius 1 is 0.414 bits per heavy atom. The number of furan rings is 1. The van der Waals surface area contributed by atoms with Crippen LogP contribution in [-0.4, -0.2) is 0 Å². The molecule has 0 spiro atoms. The average Bonchev–Trinajstić information content (AvgIpc) is 3.76. The van der Waals surface area contributed by atoms with Gasteiger partial charge in [0.2, 0.25) is 0 Å². The van der Waals surface area contributed by atoms with Crippen LogP contribution in [0.5, 0.6) is 23.0 Å². The third-order valence-electron chi connectivity index (χ3n) is 12.6. The Morgan fingerprint density at radius 3 is 1.43 bits per heavy atom. The van der Waals surface area contributed by atoms with Crippen LogP contribution < -0.4 is 19.3 Å². The van der Waals surface area contributed by atoms with Crippen molar-refractivity contribution in [3.8, 4) is 34.1 Å². The van der Waals surface area contributed by atoms with E-state index in [1.54, 1.807) is 0 Å². The van der Waals surface area contributed by atoms with E-state index in [2.05, 4.69) is 145 Å². The van der Waals surface area contributed by atoms with Crippen molar-refractivity contribution in [3.63, 3.8) is 0 Å². The molecule has 3 heterocycles. The summed E-state index contributed by atoms with van der Waals surface area (Å²) in [5.74, 6) is 3.38. The topological polar surface area (TPSA) is 38.1 Å². The first-order valence-electron chi connectivity index (χ1n) is 19.8. The predicted octanol–water partition coefficient (Wildman–Crippen LogP) is 15.3. The molecule has 13 rings (SSSR count). The highest BCUT2D eigenvalue weighted by Crippen LogP contribution is 2.57. The second kappa shape index (κ2) is 11.3. The van der Waals surface area contributed by atoms with Crippen LogP contribution in [0.1, 0.15) is 25.0 Å². The summed E-state index contributed by atoms with van der Waals surface area (Å²) in [6.45, 7) is 4.71. The van der Waals surface area contributed by atoms with Crippen LogP contribution in [0, 0.1) is 0 Å². The molecule has 0 saturated heterocycles. The molecule has 5 nitrogen and oxygen atoms in total. The lowest BCUT2D eigenvalue weighted by Crippen LogP contribution is -2.16. The first-order chi connectivity index (χ1) is 28.5. The fourth-order valence-corrected chi connectivity index (χ4v) is 9.98. The first kappa shape index (κ1) is 31.7. The molecular weight excluding hydrogens is 713 g/mol. The van der Waals surface area contributed by atoms with Gasteiger partial charge in [-0.2, -0.15) is 0 Å². The molecule has 0 N–H and O–H groups in total. The Kier molecular flexibility index (Phi) is 6.17. The molecule has 0 saturated carbocycles. The van der Waals surface area contributed by atoms with Gasteiger partial charge >= 0.3 is 0 Å². The molecule has 0 amide bonds. The number of anilines is 6. The number of rotatable bonds is 2. The molecule has 1 aliphatic carbocycles. The smallest absolute Gasteiger partial charge is 0.151 e. The zero-order valence-electron chi connectivity index (χ0n) is 31.8. The number of nitrogens with zero attached hydrogens (tertiary/aromatic N) is 2. The zero-order chi connectivity index (χ0) is 38.3. The van der Waals surface area contributed by atoms with Crippen molar-refractivity contribution in [2.45, 2.75) is 19.3 Å². The maximum atomic E-state index is 7.08. The van der Waals surface area contributed by atoms with Gasteiger partial charge in [-0.25, -0.2) is 0 Å². The van der Waals surface area contributed by atoms with E-state index in [0.717, 1.165) is 89.8 Å². The van der Waals surface area contributed by atoms with E-state index < -0.39 is 0 Å². The SMILES string of the molecule is CC1(C)c2ccc3c(oc4c5ccc(N6c7ccccc7Oc7ccccc76)cc5ccc34)c2-c2ccc3cc(N4c5ccccc5Oc5ccccc54)ccc3c21. The van der Waals surface area contributed by atoms with E-state index in [4.69, 9.17) is 13.9 Å². The molecular formula is C53H34N2O3. The molecule has 0 atom stereocenters. The van der Waals surface area contributed by atoms with Gasteiger partial charge in [-0.3, -0.25) is 0 Å². The predicted molar refractivity (Wildman–Crippen MR) is 236 cm³/mol. The second-order valence-electron chi connectivity index (χ2n) is 16.1. The number of hydrogen-bond acceptors (Lipinski definition) is 5. The monoisotopic (exact) mass is 746 g/mol. The van der Waals surface area contributed by atoms with E-state index >= 15 is 0 Å². The summed E-state index contributed by atoms with van der Waals surface area (Å²) in [5, 5.41) is 6.94. The highest BCUT2D eigenvalue weighted by Gasteiger charge is 2.39. The summed E-state index contributed by atoms with van der Waals surface area (Å²) in [6, 6.07) is 60.1. The lowest BCUT2D eigenvalue weighted by atomic mass is 9.80. The van der Waals surface area contributed by atoms with Crippen LogP contribution in [-0.2, 0) is 5.41 Å². The third kappa shape index (κ3) is 4.20. The molecule has 5 heteroatoms. The average molecular weight is 747 g/mol. The molecule has 0 radical (unpaired) electrons. The third-order valence-corrected chi connectivity index (χ3v) is 12.6. The van der Waals surface area contributed by atoms with Crippen molar-refractivity contribution in [1.29, 1.82) is 0 Å². The van der Waals surface area contributed by atoms with Crippen molar-refractivity contribution >= 4 is 77.6 Å². The van der Waals surface area contributed by atoms with Crippen LogP contribution >= 0.6 is 0 Å². The molecule has 0 unspecified atom stereocenters. The van der Waals surface area contributed by atoms with Crippen LogP contribution in [0.25, 0.3) is 54.6 Å². The van der Waals surface area contributed by atoms with Gasteiger partial charge < -0.3 is 23.7 Å². The fourth-order valence-electron chi connectivity index (χ4n) is 9.98. The molecule has 9 aromatic carbocycles. The highest BCUT2D eigenvalue weighted by molar-refractivity contribution is 6.19. The Bertz CT molecular complexity index is 3320. The summed E-state index contributed by atoms with van der Waals surface area (Å²) < 4.78 is 19.7. The maximum Gasteiger partial charge on any atom is 0.151 e. The number of hydrogen-bond donors (Lipinski definition) is 0. The minimum atomic E-state index is -0.237. The molecule has 0 fully saturated rings. The fraction of sp³-hybridized carbons (Fsp3) is 0.0566. The molecule has 274 valence electrons. The van der Waals surface area contributed by atoms with E-state index in [0.29, 0.717) is 0 Å². The summed E-state index contributed by atoms with van der Waals surface area (Å²) in [4.78, 5) is 4.60. The molecule has 58 heavy (non-hydrogen) atoms. The number of fused-ring (bicyclic) bond motifs is 15.